The van der Waals surface area contributed by atoms with E-state index in [2.05, 4.69) is 11.4 Å². The molecular formula is C16H27N3O. The summed E-state index contributed by atoms with van der Waals surface area (Å²) in [6, 6.07) is 2.60. The summed E-state index contributed by atoms with van der Waals surface area (Å²) in [5, 5.41) is 12.7. The number of carbonyl (C=O) groups is 1. The predicted molar refractivity (Wildman–Crippen MR) is 79.0 cm³/mol. The lowest BCUT2D eigenvalue weighted by Gasteiger charge is -2.23. The van der Waals surface area contributed by atoms with Crippen molar-refractivity contribution in [1.29, 1.82) is 5.26 Å². The zero-order valence-electron chi connectivity index (χ0n) is 11.5. The van der Waals surface area contributed by atoms with Gasteiger partial charge in [0.2, 0.25) is 5.91 Å². The van der Waals surface area contributed by atoms with E-state index in [1.807, 2.05) is 4.90 Å². The summed E-state index contributed by atoms with van der Waals surface area (Å²) in [4.78, 5) is 14.4. The minimum Gasteiger partial charge on any atom is -0.325 e. The number of nitrogens with zero attached hydrogens (tertiary/aromatic N) is 2. The van der Waals surface area contributed by atoms with Gasteiger partial charge in [0.25, 0.3) is 0 Å². The van der Waals surface area contributed by atoms with Crippen molar-refractivity contribution in [2.75, 3.05) is 6.54 Å². The Balaban J connectivity index is 0.00000147. The Bertz CT molecular complexity index is 376. The lowest BCUT2D eigenvalue weighted by molar-refractivity contribution is -0.133. The molecule has 0 aromatic carbocycles. The highest BCUT2D eigenvalue weighted by Crippen LogP contribution is 2.33. The maximum atomic E-state index is 12.6. The van der Waals surface area contributed by atoms with E-state index in [9.17, 15) is 4.79 Å². The number of hydrogen-bond donors (Lipinski definition) is 1. The van der Waals surface area contributed by atoms with Crippen LogP contribution in [-0.4, -0.2) is 35.5 Å². The van der Waals surface area contributed by atoms with Crippen LogP contribution in [0.1, 0.15) is 58.8 Å². The Morgan fingerprint density at radius 1 is 1.15 bits per heavy atom. The molecule has 2 heterocycles. The van der Waals surface area contributed by atoms with Crippen LogP contribution in [0.5, 0.6) is 0 Å². The molecule has 1 saturated carbocycles. The van der Waals surface area contributed by atoms with Gasteiger partial charge in [0.05, 0.1) is 12.1 Å². The number of rotatable bonds is 1. The van der Waals surface area contributed by atoms with Crippen LogP contribution in [0.25, 0.3) is 0 Å². The summed E-state index contributed by atoms with van der Waals surface area (Å²) in [6.45, 7) is 0.768. The fourth-order valence-electron chi connectivity index (χ4n) is 4.05. The number of nitriles is 1. The maximum absolute atomic E-state index is 12.6. The number of hydrogen-bond acceptors (Lipinski definition) is 3. The van der Waals surface area contributed by atoms with Crippen LogP contribution in [0.3, 0.4) is 0 Å². The minimum atomic E-state index is -0.181. The van der Waals surface area contributed by atoms with Crippen LogP contribution >= 0.6 is 0 Å². The molecule has 4 atom stereocenters. The Morgan fingerprint density at radius 3 is 2.75 bits per heavy atom. The topological polar surface area (TPSA) is 56.1 Å². The highest BCUT2D eigenvalue weighted by Gasteiger charge is 2.41. The van der Waals surface area contributed by atoms with Gasteiger partial charge in [0.1, 0.15) is 6.04 Å². The summed E-state index contributed by atoms with van der Waals surface area (Å²) < 4.78 is 0. The summed E-state index contributed by atoms with van der Waals surface area (Å²) >= 11 is 0. The molecule has 2 aliphatic heterocycles. The molecule has 4 heteroatoms. The number of amides is 1. The first-order chi connectivity index (χ1) is 9.29. The molecule has 1 amide bonds. The van der Waals surface area contributed by atoms with Gasteiger partial charge in [0, 0.05) is 12.6 Å². The zero-order chi connectivity index (χ0) is 13.2. The fraction of sp³-hybridized carbons (Fsp3) is 0.875. The third-order valence-corrected chi connectivity index (χ3v) is 5.10. The highest BCUT2D eigenvalue weighted by atomic mass is 16.2. The summed E-state index contributed by atoms with van der Waals surface area (Å²) in [5.74, 6) is 0.858. The van der Waals surface area contributed by atoms with Crippen LogP contribution < -0.4 is 5.32 Å². The van der Waals surface area contributed by atoms with Crippen molar-refractivity contribution in [3.05, 3.63) is 0 Å². The molecule has 0 aromatic heterocycles. The van der Waals surface area contributed by atoms with E-state index in [0.717, 1.165) is 25.8 Å². The molecular weight excluding hydrogens is 250 g/mol. The molecule has 1 aliphatic carbocycles. The van der Waals surface area contributed by atoms with Crippen LogP contribution in [0.4, 0.5) is 0 Å². The van der Waals surface area contributed by atoms with Crippen LogP contribution in [0, 0.1) is 17.2 Å². The monoisotopic (exact) mass is 277 g/mol. The molecule has 2 saturated heterocycles. The molecule has 112 valence electrons. The van der Waals surface area contributed by atoms with E-state index in [1.165, 1.54) is 32.1 Å². The Kier molecular flexibility index (Phi) is 5.04. The second kappa shape index (κ2) is 6.58. The molecule has 3 aliphatic rings. The van der Waals surface area contributed by atoms with Gasteiger partial charge in [-0.2, -0.15) is 5.26 Å². The van der Waals surface area contributed by atoms with Gasteiger partial charge < -0.3 is 10.2 Å². The van der Waals surface area contributed by atoms with Gasteiger partial charge in [-0.25, -0.2) is 0 Å². The fourth-order valence-corrected chi connectivity index (χ4v) is 4.05. The smallest absolute Gasteiger partial charge is 0.240 e. The number of fused-ring (bicyclic) bond motifs is 1. The van der Waals surface area contributed by atoms with Gasteiger partial charge in [0.15, 0.2) is 0 Å². The van der Waals surface area contributed by atoms with Crippen molar-refractivity contribution in [1.82, 2.24) is 10.2 Å². The van der Waals surface area contributed by atoms with Crippen molar-refractivity contribution < 1.29 is 4.79 Å². The molecule has 20 heavy (non-hydrogen) atoms. The lowest BCUT2D eigenvalue weighted by Crippen LogP contribution is -2.46. The summed E-state index contributed by atoms with van der Waals surface area (Å²) in [6.07, 6.45) is 9.24. The van der Waals surface area contributed by atoms with Crippen molar-refractivity contribution in [3.63, 3.8) is 0 Å². The van der Waals surface area contributed by atoms with Gasteiger partial charge in [-0.15, -0.1) is 0 Å². The molecule has 4 nitrogen and oxygen atoms in total. The van der Waals surface area contributed by atoms with E-state index in [1.54, 1.807) is 0 Å². The molecule has 0 radical (unpaired) electrons. The lowest BCUT2D eigenvalue weighted by atomic mass is 9.94. The number of likely N-dealkylation sites (tertiary alicyclic amines) is 1. The normalized spacial score (nSPS) is 36.6. The quantitative estimate of drug-likeness (QED) is 0.801. The first-order valence-electron chi connectivity index (χ1n) is 7.76. The second-order valence-electron chi connectivity index (χ2n) is 6.28. The third kappa shape index (κ3) is 2.83. The molecule has 3 rings (SSSR count). The Morgan fingerprint density at radius 2 is 1.95 bits per heavy atom. The van der Waals surface area contributed by atoms with Crippen molar-refractivity contribution in [3.8, 4) is 6.07 Å². The number of nitrogens with one attached hydrogen (secondary N) is 1. The van der Waals surface area contributed by atoms with Gasteiger partial charge in [-0.05, 0) is 38.0 Å². The minimum absolute atomic E-state index is 0. The van der Waals surface area contributed by atoms with E-state index in [0.29, 0.717) is 12.0 Å². The van der Waals surface area contributed by atoms with Crippen molar-refractivity contribution >= 4 is 5.91 Å². The predicted octanol–water partition coefficient (Wildman–Crippen LogP) is 2.45. The third-order valence-electron chi connectivity index (χ3n) is 5.10. The SMILES string of the molecule is C.N#CC1CCCN1C(=O)C1CC2CCCCCC2N1. The standard InChI is InChI=1S/C15H23N3O.CH4/c16-10-12-6-4-8-18(12)15(19)14-9-11-5-2-1-3-7-13(11)17-14;/h11-14,17H,1-9H2;1H4. The average Bonchev–Trinajstić information content (AvgIpc) is 3.00. The summed E-state index contributed by atoms with van der Waals surface area (Å²) in [5.41, 5.74) is 0. The van der Waals surface area contributed by atoms with Gasteiger partial charge in [-0.1, -0.05) is 26.7 Å². The van der Waals surface area contributed by atoms with E-state index in [4.69, 9.17) is 5.26 Å². The largest absolute Gasteiger partial charge is 0.325 e. The van der Waals surface area contributed by atoms with Gasteiger partial charge >= 0.3 is 0 Å². The Hall–Kier alpha value is -1.08. The molecule has 3 fully saturated rings. The first kappa shape index (κ1) is 15.3. The molecule has 0 spiro atoms. The molecule has 1 N–H and O–H groups in total. The van der Waals surface area contributed by atoms with Crippen molar-refractivity contribution in [2.45, 2.75) is 76.9 Å². The van der Waals surface area contributed by atoms with E-state index in [-0.39, 0.29) is 25.4 Å². The summed E-state index contributed by atoms with van der Waals surface area (Å²) in [7, 11) is 0. The molecule has 4 unspecified atom stereocenters. The Labute approximate surface area is 122 Å². The molecule has 0 bridgehead atoms. The van der Waals surface area contributed by atoms with Crippen LogP contribution in [0.2, 0.25) is 0 Å². The zero-order valence-corrected chi connectivity index (χ0v) is 11.5. The molecule has 0 aromatic rings. The van der Waals surface area contributed by atoms with Crippen LogP contribution in [-0.2, 0) is 4.79 Å². The first-order valence-corrected chi connectivity index (χ1v) is 7.76. The van der Waals surface area contributed by atoms with Gasteiger partial charge in [-0.3, -0.25) is 4.79 Å². The maximum Gasteiger partial charge on any atom is 0.240 e. The average molecular weight is 277 g/mol. The van der Waals surface area contributed by atoms with Crippen LogP contribution in [0.15, 0.2) is 0 Å². The van der Waals surface area contributed by atoms with Crippen molar-refractivity contribution in [2.24, 2.45) is 5.92 Å². The number of carbonyl (C=O) groups excluding carboxylic acids is 1. The highest BCUT2D eigenvalue weighted by molar-refractivity contribution is 5.83. The van der Waals surface area contributed by atoms with E-state index < -0.39 is 0 Å². The van der Waals surface area contributed by atoms with E-state index >= 15 is 0 Å². The second-order valence-corrected chi connectivity index (χ2v) is 6.28.